The van der Waals surface area contributed by atoms with Crippen LogP contribution in [0.25, 0.3) is 0 Å². The van der Waals surface area contributed by atoms with E-state index in [0.29, 0.717) is 0 Å². The number of hydrogen-bond acceptors (Lipinski definition) is 1. The molecule has 2 heteroatoms. The molecule has 0 saturated carbocycles. The fraction of sp³-hybridized carbons (Fsp3) is 0. The Kier molecular flexibility index (Phi) is 6.11. The lowest BCUT2D eigenvalue weighted by Crippen LogP contribution is -1.81. The van der Waals surface area contributed by atoms with E-state index >= 15 is 0 Å². The van der Waals surface area contributed by atoms with Crippen LogP contribution in [0.1, 0.15) is 0 Å². The average Bonchev–Trinajstić information content (AvgIpc) is 2.51. The molecule has 0 N–H and O–H groups in total. The Balaban J connectivity index is 0.000000178. The van der Waals surface area contributed by atoms with Gasteiger partial charge in [-0.1, -0.05) is 54.6 Å². The number of hydrogen-bond donors (Lipinski definition) is 0. The summed E-state index contributed by atoms with van der Waals surface area (Å²) in [6.45, 7) is 0. The van der Waals surface area contributed by atoms with Crippen LogP contribution in [0.15, 0.2) is 91.0 Å². The van der Waals surface area contributed by atoms with E-state index in [-0.39, 0.29) is 0 Å². The van der Waals surface area contributed by atoms with Crippen LogP contribution in [0.4, 0.5) is 0 Å². The van der Waals surface area contributed by atoms with Gasteiger partial charge in [-0.05, 0) is 59.0 Å². The van der Waals surface area contributed by atoms with Gasteiger partial charge in [-0.2, -0.15) is 0 Å². The van der Waals surface area contributed by atoms with Crippen molar-refractivity contribution in [2.45, 2.75) is 0 Å². The van der Waals surface area contributed by atoms with Crippen LogP contribution in [0.3, 0.4) is 0 Å². The summed E-state index contributed by atoms with van der Waals surface area (Å²) in [5.41, 5.74) is 0. The summed E-state index contributed by atoms with van der Waals surface area (Å²) in [4.78, 5) is 0. The minimum Gasteiger partial charge on any atom is -0.457 e. The molecule has 0 unspecified atom stereocenters. The molecule has 0 amide bonds. The molecular weight excluding hydrogens is 359 g/mol. The van der Waals surface area contributed by atoms with Gasteiger partial charge in [0, 0.05) is 3.57 Å². The quantitative estimate of drug-likeness (QED) is 0.518. The molecule has 0 spiro atoms. The topological polar surface area (TPSA) is 9.23 Å². The third kappa shape index (κ3) is 5.45. The first-order valence-corrected chi connectivity index (χ1v) is 7.41. The minimum absolute atomic E-state index is 0.869. The normalized spacial score (nSPS) is 9.25. The predicted molar refractivity (Wildman–Crippen MR) is 92.1 cm³/mol. The van der Waals surface area contributed by atoms with Crippen molar-refractivity contribution in [3.8, 4) is 11.5 Å². The molecule has 0 radical (unpaired) electrons. The average molecular weight is 374 g/mol. The summed E-state index contributed by atoms with van der Waals surface area (Å²) in [5.74, 6) is 1.74. The molecule has 0 heterocycles. The summed E-state index contributed by atoms with van der Waals surface area (Å²) in [7, 11) is 0. The van der Waals surface area contributed by atoms with Gasteiger partial charge >= 0.3 is 0 Å². The van der Waals surface area contributed by atoms with E-state index in [1.807, 2.05) is 78.9 Å². The fourth-order valence-electron chi connectivity index (χ4n) is 1.53. The second-order valence-electron chi connectivity index (χ2n) is 4.02. The summed E-state index contributed by atoms with van der Waals surface area (Å²) in [5, 5.41) is 0. The highest BCUT2D eigenvalue weighted by molar-refractivity contribution is 14.1. The first kappa shape index (κ1) is 14.6. The van der Waals surface area contributed by atoms with Crippen molar-refractivity contribution in [1.29, 1.82) is 0 Å². The zero-order chi connectivity index (χ0) is 14.0. The maximum absolute atomic E-state index is 5.58. The number of para-hydroxylation sites is 2. The molecule has 3 aromatic rings. The third-order valence-electron chi connectivity index (χ3n) is 2.46. The Bertz CT molecular complexity index is 557. The molecule has 0 aliphatic heterocycles. The van der Waals surface area contributed by atoms with Gasteiger partial charge in [-0.3, -0.25) is 0 Å². The van der Waals surface area contributed by atoms with Crippen LogP contribution < -0.4 is 4.74 Å². The van der Waals surface area contributed by atoms with Gasteiger partial charge in [0.1, 0.15) is 11.5 Å². The molecular formula is C18H15IO. The molecule has 0 saturated heterocycles. The number of halogens is 1. The predicted octanol–water partition coefficient (Wildman–Crippen LogP) is 5.77. The van der Waals surface area contributed by atoms with Crippen molar-refractivity contribution in [2.75, 3.05) is 0 Å². The molecule has 20 heavy (non-hydrogen) atoms. The number of benzene rings is 3. The molecule has 1 nitrogen and oxygen atoms in total. The van der Waals surface area contributed by atoms with Crippen LogP contribution in [-0.2, 0) is 0 Å². The van der Waals surface area contributed by atoms with Crippen molar-refractivity contribution in [2.24, 2.45) is 0 Å². The first-order chi connectivity index (χ1) is 9.84. The first-order valence-electron chi connectivity index (χ1n) is 6.33. The van der Waals surface area contributed by atoms with Crippen molar-refractivity contribution in [1.82, 2.24) is 0 Å². The number of rotatable bonds is 2. The number of ether oxygens (including phenoxy) is 1. The Morgan fingerprint density at radius 3 is 1.15 bits per heavy atom. The smallest absolute Gasteiger partial charge is 0.127 e. The Labute approximate surface area is 133 Å². The Hall–Kier alpha value is -1.81. The van der Waals surface area contributed by atoms with Gasteiger partial charge in [0.25, 0.3) is 0 Å². The van der Waals surface area contributed by atoms with Crippen LogP contribution in [0, 0.1) is 3.57 Å². The highest BCUT2D eigenvalue weighted by Gasteiger charge is 1.92. The molecule has 0 atom stereocenters. The van der Waals surface area contributed by atoms with E-state index < -0.39 is 0 Å². The van der Waals surface area contributed by atoms with Crippen molar-refractivity contribution in [3.05, 3.63) is 94.6 Å². The monoisotopic (exact) mass is 374 g/mol. The lowest BCUT2D eigenvalue weighted by molar-refractivity contribution is 0.482. The van der Waals surface area contributed by atoms with Gasteiger partial charge in [-0.25, -0.2) is 0 Å². The fourth-order valence-corrected chi connectivity index (χ4v) is 1.94. The van der Waals surface area contributed by atoms with Gasteiger partial charge in [0.2, 0.25) is 0 Å². The molecule has 3 rings (SSSR count). The van der Waals surface area contributed by atoms with Crippen LogP contribution in [-0.4, -0.2) is 0 Å². The van der Waals surface area contributed by atoms with E-state index in [1.165, 1.54) is 3.57 Å². The van der Waals surface area contributed by atoms with Gasteiger partial charge < -0.3 is 4.74 Å². The summed E-state index contributed by atoms with van der Waals surface area (Å²) >= 11 is 2.28. The van der Waals surface area contributed by atoms with E-state index in [0.717, 1.165) is 11.5 Å². The zero-order valence-electron chi connectivity index (χ0n) is 10.9. The largest absolute Gasteiger partial charge is 0.457 e. The minimum atomic E-state index is 0.869. The van der Waals surface area contributed by atoms with E-state index in [1.54, 1.807) is 0 Å². The second kappa shape index (κ2) is 8.38. The standard InChI is InChI=1S/C12H10O.C6H5I/c1-3-7-11(8-4-1)13-12-9-5-2-6-10-12;7-6-4-2-1-3-5-6/h1-10H;1-5H. The molecule has 0 aliphatic rings. The summed E-state index contributed by atoms with van der Waals surface area (Å²) in [6.07, 6.45) is 0. The zero-order valence-corrected chi connectivity index (χ0v) is 13.1. The Morgan fingerprint density at radius 1 is 0.500 bits per heavy atom. The second-order valence-corrected chi connectivity index (χ2v) is 5.27. The van der Waals surface area contributed by atoms with E-state index in [2.05, 4.69) is 34.7 Å². The molecule has 0 bridgehead atoms. The van der Waals surface area contributed by atoms with Crippen LogP contribution >= 0.6 is 22.6 Å². The van der Waals surface area contributed by atoms with E-state index in [4.69, 9.17) is 4.74 Å². The lowest BCUT2D eigenvalue weighted by Gasteiger charge is -2.03. The van der Waals surface area contributed by atoms with Crippen molar-refractivity contribution in [3.63, 3.8) is 0 Å². The van der Waals surface area contributed by atoms with Crippen molar-refractivity contribution < 1.29 is 4.74 Å². The van der Waals surface area contributed by atoms with Crippen molar-refractivity contribution >= 4 is 22.6 Å². The van der Waals surface area contributed by atoms with Gasteiger partial charge in [-0.15, -0.1) is 0 Å². The maximum atomic E-state index is 5.58. The molecule has 0 fully saturated rings. The molecule has 3 aromatic carbocycles. The van der Waals surface area contributed by atoms with Gasteiger partial charge in [0.15, 0.2) is 0 Å². The molecule has 0 aliphatic carbocycles. The van der Waals surface area contributed by atoms with Crippen LogP contribution in [0.2, 0.25) is 0 Å². The Morgan fingerprint density at radius 2 is 0.850 bits per heavy atom. The van der Waals surface area contributed by atoms with Crippen LogP contribution in [0.5, 0.6) is 11.5 Å². The lowest BCUT2D eigenvalue weighted by atomic mass is 10.3. The highest BCUT2D eigenvalue weighted by Crippen LogP contribution is 2.19. The molecule has 100 valence electrons. The summed E-state index contributed by atoms with van der Waals surface area (Å²) < 4.78 is 6.87. The van der Waals surface area contributed by atoms with E-state index in [9.17, 15) is 0 Å². The third-order valence-corrected chi connectivity index (χ3v) is 3.17. The highest BCUT2D eigenvalue weighted by atomic mass is 127. The summed E-state index contributed by atoms with van der Waals surface area (Å²) in [6, 6.07) is 29.7. The molecule has 0 aromatic heterocycles. The SMILES string of the molecule is Ic1ccccc1.c1ccc(Oc2ccccc2)cc1. The maximum Gasteiger partial charge on any atom is 0.127 e. The van der Waals surface area contributed by atoms with Gasteiger partial charge in [0.05, 0.1) is 0 Å².